The lowest BCUT2D eigenvalue weighted by molar-refractivity contribution is 0.113. The van der Waals surface area contributed by atoms with Crippen LogP contribution in [0.5, 0.6) is 0 Å². The summed E-state index contributed by atoms with van der Waals surface area (Å²) in [6, 6.07) is 0. The van der Waals surface area contributed by atoms with Gasteiger partial charge in [-0.05, 0) is 42.9 Å². The van der Waals surface area contributed by atoms with Gasteiger partial charge in [0.25, 0.3) is 0 Å². The molecule has 0 bridgehead atoms. The molecular formula is C20H37F. The Bertz CT molecular complexity index is 259. The van der Waals surface area contributed by atoms with Crippen LogP contribution in [-0.2, 0) is 0 Å². The first-order valence-electron chi connectivity index (χ1n) is 9.86. The smallest absolute Gasteiger partial charge is 0.103 e. The van der Waals surface area contributed by atoms with Crippen molar-refractivity contribution in [2.45, 2.75) is 103 Å². The lowest BCUT2D eigenvalue weighted by Crippen LogP contribution is -2.26. The molecule has 0 aliphatic heterocycles. The van der Waals surface area contributed by atoms with Crippen LogP contribution in [-0.4, -0.2) is 6.17 Å². The van der Waals surface area contributed by atoms with Crippen LogP contribution < -0.4 is 0 Å². The molecule has 0 N–H and O–H groups in total. The van der Waals surface area contributed by atoms with Crippen molar-refractivity contribution in [1.29, 1.82) is 0 Å². The van der Waals surface area contributed by atoms with Crippen LogP contribution in [0, 0.1) is 23.7 Å². The molecule has 0 nitrogen and oxygen atoms in total. The van der Waals surface area contributed by atoms with Gasteiger partial charge in [0.15, 0.2) is 0 Å². The van der Waals surface area contributed by atoms with Gasteiger partial charge in [0, 0.05) is 0 Å². The molecule has 0 heterocycles. The van der Waals surface area contributed by atoms with E-state index in [2.05, 4.69) is 13.8 Å². The summed E-state index contributed by atoms with van der Waals surface area (Å²) in [6.45, 7) is 4.57. The van der Waals surface area contributed by atoms with Crippen LogP contribution in [0.1, 0.15) is 97.3 Å². The van der Waals surface area contributed by atoms with Gasteiger partial charge in [-0.25, -0.2) is 4.39 Å². The highest BCUT2D eigenvalue weighted by atomic mass is 19.1. The minimum Gasteiger partial charge on any atom is -0.247 e. The maximum Gasteiger partial charge on any atom is 0.103 e. The molecule has 0 aromatic carbocycles. The molecule has 0 amide bonds. The van der Waals surface area contributed by atoms with Crippen molar-refractivity contribution in [2.75, 3.05) is 0 Å². The summed E-state index contributed by atoms with van der Waals surface area (Å²) in [5.41, 5.74) is 0. The molecule has 21 heavy (non-hydrogen) atoms. The highest BCUT2D eigenvalue weighted by Gasteiger charge is 2.30. The van der Waals surface area contributed by atoms with Gasteiger partial charge in [0.05, 0.1) is 0 Å². The molecule has 1 atom stereocenters. The van der Waals surface area contributed by atoms with Crippen molar-refractivity contribution in [2.24, 2.45) is 23.7 Å². The maximum absolute atomic E-state index is 14.6. The Labute approximate surface area is 132 Å². The first-order chi connectivity index (χ1) is 10.2. The average molecular weight is 297 g/mol. The van der Waals surface area contributed by atoms with Crippen molar-refractivity contribution >= 4 is 0 Å². The van der Waals surface area contributed by atoms with E-state index in [1.54, 1.807) is 0 Å². The Morgan fingerprint density at radius 1 is 0.714 bits per heavy atom. The molecule has 0 aromatic rings. The quantitative estimate of drug-likeness (QED) is 0.478. The van der Waals surface area contributed by atoms with Crippen LogP contribution in [0.4, 0.5) is 4.39 Å². The van der Waals surface area contributed by atoms with Crippen molar-refractivity contribution in [1.82, 2.24) is 0 Å². The van der Waals surface area contributed by atoms with E-state index in [1.807, 2.05) is 0 Å². The van der Waals surface area contributed by atoms with Gasteiger partial charge in [-0.2, -0.15) is 0 Å². The standard InChI is InChI=1S/C20H37F/c1-3-5-16-7-9-18(10-8-16)15-20(21)19-13-11-17(6-4-2)12-14-19/h16-20H,3-15H2,1-2H3. The summed E-state index contributed by atoms with van der Waals surface area (Å²) in [4.78, 5) is 0. The molecule has 1 unspecified atom stereocenters. The number of hydrogen-bond acceptors (Lipinski definition) is 0. The van der Waals surface area contributed by atoms with E-state index in [1.165, 1.54) is 64.2 Å². The zero-order valence-electron chi connectivity index (χ0n) is 14.5. The molecule has 2 saturated carbocycles. The zero-order valence-corrected chi connectivity index (χ0v) is 14.5. The third-order valence-electron chi connectivity index (χ3n) is 6.32. The van der Waals surface area contributed by atoms with Gasteiger partial charge in [-0.1, -0.05) is 78.1 Å². The monoisotopic (exact) mass is 296 g/mol. The second-order valence-corrected chi connectivity index (χ2v) is 8.00. The van der Waals surface area contributed by atoms with Gasteiger partial charge >= 0.3 is 0 Å². The predicted molar refractivity (Wildman–Crippen MR) is 90.2 cm³/mol. The minimum atomic E-state index is -0.500. The molecule has 2 aliphatic carbocycles. The number of alkyl halides is 1. The number of halogens is 1. The van der Waals surface area contributed by atoms with E-state index in [0.29, 0.717) is 11.8 Å². The molecule has 2 rings (SSSR count). The van der Waals surface area contributed by atoms with Crippen molar-refractivity contribution < 1.29 is 4.39 Å². The summed E-state index contributed by atoms with van der Waals surface area (Å²) in [7, 11) is 0. The normalized spacial score (nSPS) is 35.6. The summed E-state index contributed by atoms with van der Waals surface area (Å²) in [5, 5.41) is 0. The lowest BCUT2D eigenvalue weighted by atomic mass is 9.73. The summed E-state index contributed by atoms with van der Waals surface area (Å²) in [6.07, 6.45) is 16.0. The Kier molecular flexibility index (Phi) is 7.54. The third kappa shape index (κ3) is 5.57. The van der Waals surface area contributed by atoms with Crippen LogP contribution in [0.2, 0.25) is 0 Å². The van der Waals surface area contributed by atoms with Crippen LogP contribution >= 0.6 is 0 Å². The predicted octanol–water partition coefficient (Wildman–Crippen LogP) is 6.93. The SMILES string of the molecule is CCCC1CCC(CC(F)C2CCC(CCC)CC2)CC1. The van der Waals surface area contributed by atoms with E-state index in [-0.39, 0.29) is 0 Å². The topological polar surface area (TPSA) is 0 Å². The molecule has 124 valence electrons. The van der Waals surface area contributed by atoms with Gasteiger partial charge in [0.2, 0.25) is 0 Å². The Balaban J connectivity index is 1.65. The van der Waals surface area contributed by atoms with Gasteiger partial charge in [-0.3, -0.25) is 0 Å². The van der Waals surface area contributed by atoms with E-state index < -0.39 is 6.17 Å². The minimum absolute atomic E-state index is 0.395. The molecule has 2 aliphatic rings. The summed E-state index contributed by atoms with van der Waals surface area (Å²) in [5.74, 6) is 2.95. The van der Waals surface area contributed by atoms with Gasteiger partial charge in [-0.15, -0.1) is 0 Å². The summed E-state index contributed by atoms with van der Waals surface area (Å²) >= 11 is 0. The second-order valence-electron chi connectivity index (χ2n) is 8.00. The van der Waals surface area contributed by atoms with Crippen molar-refractivity contribution in [3.8, 4) is 0 Å². The number of hydrogen-bond donors (Lipinski definition) is 0. The van der Waals surface area contributed by atoms with Crippen molar-refractivity contribution in [3.05, 3.63) is 0 Å². The van der Waals surface area contributed by atoms with Crippen molar-refractivity contribution in [3.63, 3.8) is 0 Å². The number of rotatable bonds is 7. The second kappa shape index (κ2) is 9.16. The molecular weight excluding hydrogens is 259 g/mol. The lowest BCUT2D eigenvalue weighted by Gasteiger charge is -2.34. The van der Waals surface area contributed by atoms with Crippen LogP contribution in [0.25, 0.3) is 0 Å². The highest BCUT2D eigenvalue weighted by Crippen LogP contribution is 2.39. The van der Waals surface area contributed by atoms with E-state index in [4.69, 9.17) is 0 Å². The Hall–Kier alpha value is -0.0700. The fourth-order valence-electron chi connectivity index (χ4n) is 4.92. The molecule has 2 fully saturated rings. The van der Waals surface area contributed by atoms with E-state index >= 15 is 0 Å². The van der Waals surface area contributed by atoms with Crippen LogP contribution in [0.15, 0.2) is 0 Å². The van der Waals surface area contributed by atoms with E-state index in [0.717, 1.165) is 31.1 Å². The first-order valence-corrected chi connectivity index (χ1v) is 9.86. The third-order valence-corrected chi connectivity index (χ3v) is 6.32. The van der Waals surface area contributed by atoms with Crippen LogP contribution in [0.3, 0.4) is 0 Å². The molecule has 0 spiro atoms. The Morgan fingerprint density at radius 2 is 1.14 bits per heavy atom. The molecule has 1 heteroatoms. The Morgan fingerprint density at radius 3 is 1.62 bits per heavy atom. The fraction of sp³-hybridized carbons (Fsp3) is 1.00. The van der Waals surface area contributed by atoms with Gasteiger partial charge in [0.1, 0.15) is 6.17 Å². The molecule has 0 saturated heterocycles. The maximum atomic E-state index is 14.6. The zero-order chi connectivity index (χ0) is 15.1. The largest absolute Gasteiger partial charge is 0.247 e. The molecule has 0 radical (unpaired) electrons. The van der Waals surface area contributed by atoms with Gasteiger partial charge < -0.3 is 0 Å². The fourth-order valence-corrected chi connectivity index (χ4v) is 4.92. The van der Waals surface area contributed by atoms with E-state index in [9.17, 15) is 4.39 Å². The summed E-state index contributed by atoms with van der Waals surface area (Å²) < 4.78 is 14.6. The highest BCUT2D eigenvalue weighted by molar-refractivity contribution is 4.81. The first kappa shape index (κ1) is 17.3. The average Bonchev–Trinajstić information content (AvgIpc) is 2.50. The molecule has 0 aromatic heterocycles.